The van der Waals surface area contributed by atoms with Gasteiger partial charge in [0, 0.05) is 36.1 Å². The fraction of sp³-hybridized carbons (Fsp3) is 0.136. The molecule has 0 bridgehead atoms. The summed E-state index contributed by atoms with van der Waals surface area (Å²) >= 11 is 0. The van der Waals surface area contributed by atoms with Crippen molar-refractivity contribution in [3.05, 3.63) is 72.2 Å². The Labute approximate surface area is 167 Å². The highest BCUT2D eigenvalue weighted by Gasteiger charge is 2.12. The lowest BCUT2D eigenvalue weighted by atomic mass is 10.0. The van der Waals surface area contributed by atoms with Gasteiger partial charge >= 0.3 is 0 Å². The molecule has 7 heteroatoms. The van der Waals surface area contributed by atoms with E-state index >= 15 is 0 Å². The molecule has 0 saturated heterocycles. The van der Waals surface area contributed by atoms with Crippen molar-refractivity contribution in [2.24, 2.45) is 4.99 Å². The smallest absolute Gasteiger partial charge is 0.180 e. The third-order valence-electron chi connectivity index (χ3n) is 4.78. The van der Waals surface area contributed by atoms with Crippen molar-refractivity contribution >= 4 is 23.4 Å². The molecule has 2 aromatic carbocycles. The van der Waals surface area contributed by atoms with Crippen molar-refractivity contribution in [3.63, 3.8) is 0 Å². The third-order valence-corrected chi connectivity index (χ3v) is 4.78. The number of aliphatic imine (C=N–C) groups is 1. The van der Waals surface area contributed by atoms with Crippen molar-refractivity contribution in [2.45, 2.75) is 6.54 Å². The van der Waals surface area contributed by atoms with Gasteiger partial charge in [-0.25, -0.2) is 9.97 Å². The molecular formula is C22H19N5O2. The molecule has 0 spiro atoms. The van der Waals surface area contributed by atoms with Gasteiger partial charge in [-0.05, 0) is 41.5 Å². The predicted molar refractivity (Wildman–Crippen MR) is 112 cm³/mol. The van der Waals surface area contributed by atoms with E-state index in [4.69, 9.17) is 14.8 Å². The summed E-state index contributed by atoms with van der Waals surface area (Å²) in [6.07, 6.45) is 7.56. The molecular weight excluding hydrogens is 366 g/mol. The topological polar surface area (TPSA) is 84.0 Å². The number of nitrogens with zero attached hydrogens (tertiary/aromatic N) is 4. The Kier molecular flexibility index (Phi) is 4.42. The molecule has 3 heterocycles. The number of fused-ring (bicyclic) bond motifs is 2. The Bertz CT molecular complexity index is 1200. The zero-order valence-corrected chi connectivity index (χ0v) is 15.6. The van der Waals surface area contributed by atoms with E-state index in [0.29, 0.717) is 18.1 Å². The van der Waals surface area contributed by atoms with E-state index in [1.807, 2.05) is 47.3 Å². The second kappa shape index (κ2) is 7.37. The molecule has 4 aromatic rings. The van der Waals surface area contributed by atoms with Crippen LogP contribution in [0.2, 0.25) is 0 Å². The summed E-state index contributed by atoms with van der Waals surface area (Å²) in [5, 5.41) is 12.2. The fourth-order valence-corrected chi connectivity index (χ4v) is 3.36. The van der Waals surface area contributed by atoms with Crippen LogP contribution in [0.3, 0.4) is 0 Å². The molecule has 0 amide bonds. The van der Waals surface area contributed by atoms with E-state index in [2.05, 4.69) is 33.5 Å². The molecule has 5 rings (SSSR count). The Balaban J connectivity index is 1.48. The van der Waals surface area contributed by atoms with Gasteiger partial charge in [0.05, 0.1) is 18.8 Å². The molecule has 1 aliphatic rings. The summed E-state index contributed by atoms with van der Waals surface area (Å²) in [7, 11) is 0. The number of aliphatic hydroxyl groups is 1. The van der Waals surface area contributed by atoms with E-state index in [9.17, 15) is 0 Å². The normalized spacial score (nSPS) is 12.3. The molecule has 0 unspecified atom stereocenters. The number of rotatable bonds is 6. The SMILES string of the molecule is OCCOc1ccc(Nc2nc(-c3ccc4c(c3)CN=C4)cn3ccnc23)cc1. The number of aliphatic hydroxyl groups excluding tert-OH is 1. The number of ether oxygens (including phenoxy) is 1. The maximum atomic E-state index is 8.87. The van der Waals surface area contributed by atoms with E-state index in [0.717, 1.165) is 22.6 Å². The Morgan fingerprint density at radius 1 is 1.14 bits per heavy atom. The maximum absolute atomic E-state index is 8.87. The number of nitrogens with one attached hydrogen (secondary N) is 1. The number of imidazole rings is 1. The van der Waals surface area contributed by atoms with Crippen molar-refractivity contribution in [3.8, 4) is 17.0 Å². The van der Waals surface area contributed by atoms with Crippen LogP contribution in [-0.2, 0) is 6.54 Å². The summed E-state index contributed by atoms with van der Waals surface area (Å²) < 4.78 is 7.38. The highest BCUT2D eigenvalue weighted by atomic mass is 16.5. The first-order valence-corrected chi connectivity index (χ1v) is 9.38. The summed E-state index contributed by atoms with van der Waals surface area (Å²) in [5.74, 6) is 1.38. The standard InChI is InChI=1S/C22H19N5O2/c28-9-10-29-19-5-3-18(4-6-19)25-21-22-24-7-8-27(22)14-20(26-21)15-1-2-16-12-23-13-17(16)11-15/h1-8,11-12,14,28H,9-10,13H2,(H,25,26). The van der Waals surface area contributed by atoms with Crippen LogP contribution >= 0.6 is 0 Å². The Morgan fingerprint density at radius 2 is 2.03 bits per heavy atom. The molecule has 0 saturated carbocycles. The number of benzene rings is 2. The first-order chi connectivity index (χ1) is 14.3. The minimum atomic E-state index is -0.0105. The number of hydrogen-bond donors (Lipinski definition) is 2. The summed E-state index contributed by atoms with van der Waals surface area (Å²) in [5.41, 5.74) is 5.90. The molecule has 7 nitrogen and oxygen atoms in total. The van der Waals surface area contributed by atoms with Crippen molar-refractivity contribution in [2.75, 3.05) is 18.5 Å². The highest BCUT2D eigenvalue weighted by Crippen LogP contribution is 2.27. The van der Waals surface area contributed by atoms with Crippen LogP contribution < -0.4 is 10.1 Å². The van der Waals surface area contributed by atoms with Gasteiger partial charge in [0.15, 0.2) is 11.5 Å². The molecule has 0 fully saturated rings. The van der Waals surface area contributed by atoms with Crippen LogP contribution in [0.4, 0.5) is 11.5 Å². The monoisotopic (exact) mass is 385 g/mol. The second-order valence-corrected chi connectivity index (χ2v) is 6.74. The van der Waals surface area contributed by atoms with Crippen LogP contribution in [0.1, 0.15) is 11.1 Å². The maximum Gasteiger partial charge on any atom is 0.180 e. The minimum absolute atomic E-state index is 0.0105. The lowest BCUT2D eigenvalue weighted by Gasteiger charge is -2.11. The summed E-state index contributed by atoms with van der Waals surface area (Å²) in [6, 6.07) is 13.8. The van der Waals surface area contributed by atoms with E-state index in [1.165, 1.54) is 11.1 Å². The number of hydrogen-bond acceptors (Lipinski definition) is 6. The van der Waals surface area contributed by atoms with Crippen molar-refractivity contribution < 1.29 is 9.84 Å². The van der Waals surface area contributed by atoms with Gasteiger partial charge in [0.1, 0.15) is 12.4 Å². The number of aromatic nitrogens is 3. The highest BCUT2D eigenvalue weighted by molar-refractivity contribution is 5.86. The average molecular weight is 385 g/mol. The van der Waals surface area contributed by atoms with E-state index < -0.39 is 0 Å². The quantitative estimate of drug-likeness (QED) is 0.531. The lowest BCUT2D eigenvalue weighted by Crippen LogP contribution is -2.02. The van der Waals surface area contributed by atoms with Crippen LogP contribution in [0.15, 0.2) is 66.0 Å². The van der Waals surface area contributed by atoms with Crippen molar-refractivity contribution in [1.82, 2.24) is 14.4 Å². The third kappa shape index (κ3) is 3.43. The summed E-state index contributed by atoms with van der Waals surface area (Å²) in [4.78, 5) is 13.6. The molecule has 0 radical (unpaired) electrons. The number of anilines is 2. The van der Waals surface area contributed by atoms with Gasteiger partial charge in [-0.15, -0.1) is 0 Å². The van der Waals surface area contributed by atoms with Crippen LogP contribution in [0.25, 0.3) is 16.9 Å². The summed E-state index contributed by atoms with van der Waals surface area (Å²) in [6.45, 7) is 0.979. The minimum Gasteiger partial charge on any atom is -0.491 e. The van der Waals surface area contributed by atoms with Gasteiger partial charge in [-0.3, -0.25) is 4.99 Å². The second-order valence-electron chi connectivity index (χ2n) is 6.74. The first-order valence-electron chi connectivity index (χ1n) is 9.38. The van der Waals surface area contributed by atoms with E-state index in [1.54, 1.807) is 6.20 Å². The van der Waals surface area contributed by atoms with Crippen molar-refractivity contribution in [1.29, 1.82) is 0 Å². The first kappa shape index (κ1) is 17.4. The Morgan fingerprint density at radius 3 is 2.90 bits per heavy atom. The molecule has 144 valence electrons. The van der Waals surface area contributed by atoms with Gasteiger partial charge in [0.2, 0.25) is 0 Å². The van der Waals surface area contributed by atoms with Gasteiger partial charge in [-0.1, -0.05) is 12.1 Å². The molecule has 29 heavy (non-hydrogen) atoms. The molecule has 0 atom stereocenters. The zero-order valence-electron chi connectivity index (χ0n) is 15.6. The predicted octanol–water partition coefficient (Wildman–Crippen LogP) is 3.44. The average Bonchev–Trinajstić information content (AvgIpc) is 3.42. The molecule has 1 aliphatic heterocycles. The van der Waals surface area contributed by atoms with Crippen LogP contribution in [0, 0.1) is 0 Å². The van der Waals surface area contributed by atoms with Crippen LogP contribution in [0.5, 0.6) is 5.75 Å². The Hall–Kier alpha value is -3.71. The zero-order chi connectivity index (χ0) is 19.6. The van der Waals surface area contributed by atoms with Crippen LogP contribution in [-0.4, -0.2) is 38.9 Å². The van der Waals surface area contributed by atoms with Gasteiger partial charge < -0.3 is 19.6 Å². The molecule has 0 aliphatic carbocycles. The lowest BCUT2D eigenvalue weighted by molar-refractivity contribution is 0.201. The fourth-order valence-electron chi connectivity index (χ4n) is 3.36. The largest absolute Gasteiger partial charge is 0.491 e. The van der Waals surface area contributed by atoms with Gasteiger partial charge in [-0.2, -0.15) is 0 Å². The van der Waals surface area contributed by atoms with E-state index in [-0.39, 0.29) is 13.2 Å². The molecule has 2 aromatic heterocycles. The molecule has 2 N–H and O–H groups in total. The van der Waals surface area contributed by atoms with Gasteiger partial charge in [0.25, 0.3) is 0 Å².